The minimum absolute atomic E-state index is 0.0465. The molecule has 3 saturated heterocycles. The van der Waals surface area contributed by atoms with Gasteiger partial charge in [-0.15, -0.1) is 0 Å². The highest BCUT2D eigenvalue weighted by molar-refractivity contribution is 5.97. The van der Waals surface area contributed by atoms with Crippen LogP contribution < -0.4 is 5.32 Å². The minimum Gasteiger partial charge on any atom is -0.371 e. The van der Waals surface area contributed by atoms with Crippen molar-refractivity contribution in [3.05, 3.63) is 29.8 Å². The number of nitrogens with zero attached hydrogens (tertiary/aromatic N) is 3. The van der Waals surface area contributed by atoms with Gasteiger partial charge in [-0.25, -0.2) is 4.79 Å². The number of carbonyl (C=O) groups excluding carboxylic acids is 2. The van der Waals surface area contributed by atoms with Gasteiger partial charge in [0.05, 0.1) is 18.8 Å². The molecule has 3 aliphatic heterocycles. The summed E-state index contributed by atoms with van der Waals surface area (Å²) >= 11 is 0. The van der Waals surface area contributed by atoms with Crippen LogP contribution in [0.15, 0.2) is 24.3 Å². The summed E-state index contributed by atoms with van der Waals surface area (Å²) in [6.45, 7) is 5.42. The number of rotatable bonds is 2. The second-order valence-electron chi connectivity index (χ2n) is 8.27. The summed E-state index contributed by atoms with van der Waals surface area (Å²) in [5.41, 5.74) is 1.09. The zero-order chi connectivity index (χ0) is 19.6. The summed E-state index contributed by atoms with van der Waals surface area (Å²) < 4.78 is 6.09. The number of ether oxygens (including phenoxy) is 1. The number of anilines is 1. The molecule has 0 atom stereocenters. The van der Waals surface area contributed by atoms with Crippen LogP contribution >= 0.6 is 0 Å². The first kappa shape index (κ1) is 19.2. The molecule has 3 aliphatic rings. The van der Waals surface area contributed by atoms with Gasteiger partial charge in [-0.3, -0.25) is 4.79 Å². The molecule has 3 amide bonds. The second-order valence-corrected chi connectivity index (χ2v) is 8.27. The molecule has 0 aromatic heterocycles. The monoisotopic (exact) mass is 386 g/mol. The summed E-state index contributed by atoms with van der Waals surface area (Å²) in [4.78, 5) is 31.5. The van der Waals surface area contributed by atoms with Gasteiger partial charge in [0.2, 0.25) is 0 Å². The number of piperidine rings is 1. The number of nitrogens with one attached hydrogen (secondary N) is 1. The Morgan fingerprint density at radius 1 is 1.04 bits per heavy atom. The zero-order valence-electron chi connectivity index (χ0n) is 16.7. The normalized spacial score (nSPS) is 22.5. The van der Waals surface area contributed by atoms with Crippen LogP contribution in [-0.4, -0.2) is 85.2 Å². The first-order valence-corrected chi connectivity index (χ1v) is 10.3. The van der Waals surface area contributed by atoms with E-state index >= 15 is 0 Å². The van der Waals surface area contributed by atoms with Gasteiger partial charge in [0.1, 0.15) is 0 Å². The zero-order valence-corrected chi connectivity index (χ0v) is 16.7. The van der Waals surface area contributed by atoms with Crippen molar-refractivity contribution < 1.29 is 14.3 Å². The van der Waals surface area contributed by atoms with Crippen LogP contribution in [0, 0.1) is 0 Å². The Balaban J connectivity index is 1.39. The van der Waals surface area contributed by atoms with Gasteiger partial charge in [0.15, 0.2) is 0 Å². The number of likely N-dealkylation sites (tertiary alicyclic amines) is 2. The summed E-state index contributed by atoms with van der Waals surface area (Å²) in [5, 5.41) is 2.98. The average Bonchev–Trinajstić information content (AvgIpc) is 3.25. The molecule has 1 aromatic carbocycles. The predicted octanol–water partition coefficient (Wildman–Crippen LogP) is 2.25. The number of amides is 3. The Bertz CT molecular complexity index is 724. The highest BCUT2D eigenvalue weighted by Crippen LogP contribution is 2.30. The van der Waals surface area contributed by atoms with Crippen LogP contribution in [0.4, 0.5) is 10.5 Å². The van der Waals surface area contributed by atoms with Crippen molar-refractivity contribution in [1.29, 1.82) is 0 Å². The van der Waals surface area contributed by atoms with Crippen molar-refractivity contribution in [1.82, 2.24) is 14.7 Å². The first-order chi connectivity index (χ1) is 13.5. The van der Waals surface area contributed by atoms with E-state index in [1.54, 1.807) is 6.07 Å². The summed E-state index contributed by atoms with van der Waals surface area (Å²) in [7, 11) is 2.12. The van der Waals surface area contributed by atoms with Crippen molar-refractivity contribution in [2.24, 2.45) is 0 Å². The molecule has 152 valence electrons. The van der Waals surface area contributed by atoms with Crippen LogP contribution in [0.3, 0.4) is 0 Å². The summed E-state index contributed by atoms with van der Waals surface area (Å²) in [6.07, 6.45) is 4.04. The van der Waals surface area contributed by atoms with Crippen LogP contribution in [0.5, 0.6) is 0 Å². The van der Waals surface area contributed by atoms with Crippen molar-refractivity contribution in [3.63, 3.8) is 0 Å². The van der Waals surface area contributed by atoms with Crippen LogP contribution in [0.25, 0.3) is 0 Å². The molecule has 1 aromatic rings. The number of carbonyl (C=O) groups is 2. The first-order valence-electron chi connectivity index (χ1n) is 10.3. The summed E-state index contributed by atoms with van der Waals surface area (Å²) in [6, 6.07) is 7.15. The molecule has 7 nitrogen and oxygen atoms in total. The fourth-order valence-corrected chi connectivity index (χ4v) is 4.38. The Morgan fingerprint density at radius 3 is 2.54 bits per heavy atom. The van der Waals surface area contributed by atoms with Gasteiger partial charge < -0.3 is 24.8 Å². The number of morpholine rings is 1. The maximum absolute atomic E-state index is 12.8. The largest absolute Gasteiger partial charge is 0.371 e. The molecular formula is C21H30N4O3. The number of urea groups is 1. The number of benzene rings is 1. The molecule has 0 aliphatic carbocycles. The molecule has 3 heterocycles. The lowest BCUT2D eigenvalue weighted by atomic mass is 9.89. The Morgan fingerprint density at radius 2 is 1.79 bits per heavy atom. The van der Waals surface area contributed by atoms with E-state index in [0.717, 1.165) is 51.9 Å². The number of hydrogen-bond donors (Lipinski definition) is 1. The van der Waals surface area contributed by atoms with Gasteiger partial charge in [0, 0.05) is 44.0 Å². The Hall–Kier alpha value is -2.12. The fraction of sp³-hybridized carbons (Fsp3) is 0.619. The molecule has 0 radical (unpaired) electrons. The third-order valence-electron chi connectivity index (χ3n) is 6.19. The standard InChI is InChI=1S/C21H30N4O3/c1-23-11-7-21(8-12-23)16-25(13-14-28-21)20(27)22-18-6-4-5-17(15-18)19(26)24-9-2-3-10-24/h4-6,15H,2-3,7-14,16H2,1H3,(H,22,27). The predicted molar refractivity (Wildman–Crippen MR) is 108 cm³/mol. The fourth-order valence-electron chi connectivity index (χ4n) is 4.38. The molecule has 28 heavy (non-hydrogen) atoms. The van der Waals surface area contributed by atoms with Gasteiger partial charge in [-0.1, -0.05) is 6.07 Å². The third kappa shape index (κ3) is 4.15. The highest BCUT2D eigenvalue weighted by atomic mass is 16.5. The molecule has 0 unspecified atom stereocenters. The average molecular weight is 386 g/mol. The molecule has 1 spiro atoms. The van der Waals surface area contributed by atoms with E-state index in [2.05, 4.69) is 17.3 Å². The van der Waals surface area contributed by atoms with Crippen LogP contribution in [0.2, 0.25) is 0 Å². The van der Waals surface area contributed by atoms with E-state index in [9.17, 15) is 9.59 Å². The van der Waals surface area contributed by atoms with Crippen molar-refractivity contribution in [2.45, 2.75) is 31.3 Å². The minimum atomic E-state index is -0.213. The van der Waals surface area contributed by atoms with Crippen LogP contribution in [0.1, 0.15) is 36.0 Å². The van der Waals surface area contributed by atoms with Crippen LogP contribution in [-0.2, 0) is 4.74 Å². The molecule has 7 heteroatoms. The quantitative estimate of drug-likeness (QED) is 0.847. The Kier molecular flexibility index (Phi) is 5.55. The van der Waals surface area contributed by atoms with E-state index < -0.39 is 0 Å². The molecule has 0 bridgehead atoms. The smallest absolute Gasteiger partial charge is 0.322 e. The number of hydrogen-bond acceptors (Lipinski definition) is 4. The second kappa shape index (κ2) is 8.09. The van der Waals surface area contributed by atoms with Gasteiger partial charge in [-0.2, -0.15) is 0 Å². The SMILES string of the molecule is CN1CCC2(CC1)CN(C(=O)Nc1cccc(C(=O)N3CCCC3)c1)CCO2. The lowest BCUT2D eigenvalue weighted by Gasteiger charge is -2.46. The molecule has 3 fully saturated rings. The van der Waals surface area contributed by atoms with Gasteiger partial charge >= 0.3 is 6.03 Å². The third-order valence-corrected chi connectivity index (χ3v) is 6.19. The molecule has 0 saturated carbocycles. The highest BCUT2D eigenvalue weighted by Gasteiger charge is 2.40. The van der Waals surface area contributed by atoms with Crippen molar-refractivity contribution in [2.75, 3.05) is 58.2 Å². The molecule has 4 rings (SSSR count). The molecule has 1 N–H and O–H groups in total. The summed E-state index contributed by atoms with van der Waals surface area (Å²) in [5.74, 6) is 0.0465. The van der Waals surface area contributed by atoms with Gasteiger partial charge in [0.25, 0.3) is 5.91 Å². The maximum Gasteiger partial charge on any atom is 0.322 e. The van der Waals surface area contributed by atoms with E-state index in [0.29, 0.717) is 30.9 Å². The van der Waals surface area contributed by atoms with E-state index in [4.69, 9.17) is 4.74 Å². The van der Waals surface area contributed by atoms with E-state index in [1.807, 2.05) is 28.0 Å². The van der Waals surface area contributed by atoms with Gasteiger partial charge in [-0.05, 0) is 50.9 Å². The van der Waals surface area contributed by atoms with Crippen molar-refractivity contribution in [3.8, 4) is 0 Å². The lowest BCUT2D eigenvalue weighted by Crippen LogP contribution is -2.58. The maximum atomic E-state index is 12.8. The van der Waals surface area contributed by atoms with Crippen molar-refractivity contribution >= 4 is 17.6 Å². The van der Waals surface area contributed by atoms with E-state index in [1.165, 1.54) is 0 Å². The molecular weight excluding hydrogens is 356 g/mol. The topological polar surface area (TPSA) is 65.1 Å². The lowest BCUT2D eigenvalue weighted by molar-refractivity contribution is -0.123. The van der Waals surface area contributed by atoms with E-state index in [-0.39, 0.29) is 17.5 Å². The Labute approximate surface area is 166 Å².